The van der Waals surface area contributed by atoms with Gasteiger partial charge in [-0.25, -0.2) is 4.68 Å². The molecule has 0 spiro atoms. The highest BCUT2D eigenvalue weighted by molar-refractivity contribution is 5.93. The molecule has 2 aromatic carbocycles. The average molecular weight is 405 g/mol. The van der Waals surface area contributed by atoms with Gasteiger partial charge >= 0.3 is 0 Å². The molecule has 1 N–H and O–H groups in total. The molecule has 0 atom stereocenters. The van der Waals surface area contributed by atoms with Crippen LogP contribution in [-0.2, 0) is 11.3 Å². The zero-order valence-electron chi connectivity index (χ0n) is 17.6. The van der Waals surface area contributed by atoms with Gasteiger partial charge in [0.15, 0.2) is 5.82 Å². The van der Waals surface area contributed by atoms with Crippen molar-refractivity contribution in [2.45, 2.75) is 46.1 Å². The van der Waals surface area contributed by atoms with Gasteiger partial charge in [0.05, 0.1) is 5.39 Å². The van der Waals surface area contributed by atoms with Crippen LogP contribution in [0.5, 0.6) is 0 Å². The molecule has 0 saturated carbocycles. The van der Waals surface area contributed by atoms with Crippen molar-refractivity contribution in [3.05, 3.63) is 63.9 Å². The van der Waals surface area contributed by atoms with Crippen LogP contribution >= 0.6 is 0 Å². The summed E-state index contributed by atoms with van der Waals surface area (Å²) in [5, 5.41) is 9.02. The van der Waals surface area contributed by atoms with Crippen LogP contribution in [0.2, 0.25) is 0 Å². The van der Waals surface area contributed by atoms with Crippen molar-refractivity contribution in [1.29, 1.82) is 0 Å². The summed E-state index contributed by atoms with van der Waals surface area (Å²) in [4.78, 5) is 28.0. The number of aromatic nitrogens is 2. The van der Waals surface area contributed by atoms with Crippen LogP contribution in [0.4, 0.5) is 11.5 Å². The van der Waals surface area contributed by atoms with Gasteiger partial charge in [0, 0.05) is 24.2 Å². The van der Waals surface area contributed by atoms with Crippen LogP contribution in [0.1, 0.15) is 36.8 Å². The molecule has 156 valence electrons. The Bertz CT molecular complexity index is 1110. The number of carbonyl (C=O) groups excluding carboxylic acids is 1. The van der Waals surface area contributed by atoms with Gasteiger partial charge in [-0.2, -0.15) is 5.10 Å². The second-order valence-electron chi connectivity index (χ2n) is 8.16. The van der Waals surface area contributed by atoms with Gasteiger partial charge in [-0.3, -0.25) is 9.59 Å². The number of carbonyl (C=O) groups is 1. The van der Waals surface area contributed by atoms with Gasteiger partial charge < -0.3 is 10.2 Å². The molecule has 4 rings (SSSR count). The molecule has 0 radical (unpaired) electrons. The molecule has 1 fully saturated rings. The van der Waals surface area contributed by atoms with E-state index in [9.17, 15) is 9.59 Å². The zero-order valence-corrected chi connectivity index (χ0v) is 17.6. The van der Waals surface area contributed by atoms with E-state index in [0.29, 0.717) is 5.39 Å². The van der Waals surface area contributed by atoms with E-state index in [4.69, 9.17) is 0 Å². The predicted octanol–water partition coefficient (Wildman–Crippen LogP) is 4.03. The first kappa shape index (κ1) is 20.1. The largest absolute Gasteiger partial charge is 0.355 e. The van der Waals surface area contributed by atoms with Crippen molar-refractivity contribution in [2.24, 2.45) is 0 Å². The van der Waals surface area contributed by atoms with Crippen LogP contribution in [-0.4, -0.2) is 28.8 Å². The summed E-state index contributed by atoms with van der Waals surface area (Å²) in [6.07, 6.45) is 4.66. The van der Waals surface area contributed by atoms with Crippen LogP contribution in [0.25, 0.3) is 10.8 Å². The second-order valence-corrected chi connectivity index (χ2v) is 8.16. The highest BCUT2D eigenvalue weighted by Crippen LogP contribution is 2.24. The van der Waals surface area contributed by atoms with Gasteiger partial charge in [0.25, 0.3) is 5.56 Å². The lowest BCUT2D eigenvalue weighted by Gasteiger charge is -2.23. The molecule has 6 nitrogen and oxygen atoms in total. The Morgan fingerprint density at radius 1 is 0.967 bits per heavy atom. The topological polar surface area (TPSA) is 67.2 Å². The number of fused-ring (bicyclic) bond motifs is 1. The minimum Gasteiger partial charge on any atom is -0.355 e. The standard InChI is InChI=1S/C24H28N4O2/c1-17-13-18(2)15-19(14-17)25-22(29)16-28-24(30)21-10-6-5-9-20(21)23(26-28)27-11-7-3-4-8-12-27/h5-6,9-10,13-15H,3-4,7-8,11-12,16H2,1-2H3,(H,25,29). The molecule has 1 aliphatic rings. The molecule has 1 saturated heterocycles. The van der Waals surface area contributed by atoms with Crippen molar-refractivity contribution in [1.82, 2.24) is 9.78 Å². The predicted molar refractivity (Wildman–Crippen MR) is 121 cm³/mol. The van der Waals surface area contributed by atoms with Crippen molar-refractivity contribution in [2.75, 3.05) is 23.3 Å². The monoisotopic (exact) mass is 404 g/mol. The van der Waals surface area contributed by atoms with E-state index in [0.717, 1.165) is 53.9 Å². The fraction of sp³-hybridized carbons (Fsp3) is 0.375. The Balaban J connectivity index is 1.67. The molecule has 1 aromatic heterocycles. The fourth-order valence-corrected chi connectivity index (χ4v) is 4.22. The Morgan fingerprint density at radius 3 is 2.27 bits per heavy atom. The second kappa shape index (κ2) is 8.69. The van der Waals surface area contributed by atoms with Gasteiger partial charge in [-0.15, -0.1) is 0 Å². The molecule has 0 unspecified atom stereocenters. The summed E-state index contributed by atoms with van der Waals surface area (Å²) < 4.78 is 1.31. The normalized spacial score (nSPS) is 14.5. The van der Waals surface area contributed by atoms with Gasteiger partial charge in [0.2, 0.25) is 5.91 Å². The van der Waals surface area contributed by atoms with Gasteiger partial charge in [-0.1, -0.05) is 37.1 Å². The fourth-order valence-electron chi connectivity index (χ4n) is 4.22. The van der Waals surface area contributed by atoms with Crippen molar-refractivity contribution in [3.8, 4) is 0 Å². The maximum atomic E-state index is 13.0. The number of anilines is 2. The molecular weight excluding hydrogens is 376 g/mol. The number of nitrogens with zero attached hydrogens (tertiary/aromatic N) is 3. The number of amides is 1. The van der Waals surface area contributed by atoms with E-state index in [1.165, 1.54) is 17.5 Å². The number of aryl methyl sites for hydroxylation is 2. The first-order valence-electron chi connectivity index (χ1n) is 10.6. The van der Waals surface area contributed by atoms with E-state index < -0.39 is 0 Å². The molecule has 0 aliphatic carbocycles. The maximum Gasteiger partial charge on any atom is 0.275 e. The molecular formula is C24H28N4O2. The molecule has 30 heavy (non-hydrogen) atoms. The molecule has 2 heterocycles. The molecule has 6 heteroatoms. The van der Waals surface area contributed by atoms with Crippen LogP contribution in [0.3, 0.4) is 0 Å². The Morgan fingerprint density at radius 2 is 1.60 bits per heavy atom. The summed E-state index contributed by atoms with van der Waals surface area (Å²) in [5.41, 5.74) is 2.66. The molecule has 1 aliphatic heterocycles. The number of rotatable bonds is 4. The summed E-state index contributed by atoms with van der Waals surface area (Å²) in [5.74, 6) is 0.540. The molecule has 3 aromatic rings. The molecule has 1 amide bonds. The Hall–Kier alpha value is -3.15. The van der Waals surface area contributed by atoms with E-state index in [1.807, 2.05) is 50.2 Å². The Kier molecular flexibility index (Phi) is 5.84. The first-order valence-corrected chi connectivity index (χ1v) is 10.6. The first-order chi connectivity index (χ1) is 14.5. The van der Waals surface area contributed by atoms with Crippen LogP contribution < -0.4 is 15.8 Å². The number of hydrogen-bond donors (Lipinski definition) is 1. The lowest BCUT2D eigenvalue weighted by atomic mass is 10.1. The minimum atomic E-state index is -0.258. The highest BCUT2D eigenvalue weighted by Gasteiger charge is 2.18. The lowest BCUT2D eigenvalue weighted by molar-refractivity contribution is -0.117. The van der Waals surface area contributed by atoms with Gasteiger partial charge in [0.1, 0.15) is 6.54 Å². The van der Waals surface area contributed by atoms with E-state index >= 15 is 0 Å². The summed E-state index contributed by atoms with van der Waals surface area (Å²) in [6.45, 7) is 5.71. The maximum absolute atomic E-state index is 13.0. The lowest BCUT2D eigenvalue weighted by Crippen LogP contribution is -2.33. The van der Waals surface area contributed by atoms with Crippen molar-refractivity contribution in [3.63, 3.8) is 0 Å². The third-order valence-corrected chi connectivity index (χ3v) is 5.55. The third kappa shape index (κ3) is 4.37. The quantitative estimate of drug-likeness (QED) is 0.713. The number of nitrogens with one attached hydrogen (secondary N) is 1. The van der Waals surface area contributed by atoms with E-state index in [1.54, 1.807) is 0 Å². The number of hydrogen-bond acceptors (Lipinski definition) is 4. The smallest absolute Gasteiger partial charge is 0.275 e. The summed E-state index contributed by atoms with van der Waals surface area (Å²) >= 11 is 0. The Labute approximate surface area is 176 Å². The summed E-state index contributed by atoms with van der Waals surface area (Å²) in [7, 11) is 0. The summed E-state index contributed by atoms with van der Waals surface area (Å²) in [6, 6.07) is 13.5. The molecule has 0 bridgehead atoms. The minimum absolute atomic E-state index is 0.114. The van der Waals surface area contributed by atoms with Crippen molar-refractivity contribution >= 4 is 28.2 Å². The van der Waals surface area contributed by atoms with Crippen LogP contribution in [0, 0.1) is 13.8 Å². The highest BCUT2D eigenvalue weighted by atomic mass is 16.2. The van der Waals surface area contributed by atoms with Crippen molar-refractivity contribution < 1.29 is 4.79 Å². The third-order valence-electron chi connectivity index (χ3n) is 5.55. The van der Waals surface area contributed by atoms with E-state index in [2.05, 4.69) is 21.4 Å². The van der Waals surface area contributed by atoms with E-state index in [-0.39, 0.29) is 18.0 Å². The SMILES string of the molecule is Cc1cc(C)cc(NC(=O)Cn2nc(N3CCCCCC3)c3ccccc3c2=O)c1. The zero-order chi connectivity index (χ0) is 21.1. The average Bonchev–Trinajstić information content (AvgIpc) is 2.99. The van der Waals surface area contributed by atoms with Crippen LogP contribution in [0.15, 0.2) is 47.3 Å². The van der Waals surface area contributed by atoms with Gasteiger partial charge in [-0.05, 0) is 56.0 Å². The number of benzene rings is 2.